The van der Waals surface area contributed by atoms with Crippen LogP contribution in [0.3, 0.4) is 0 Å². The highest BCUT2D eigenvalue weighted by Crippen LogP contribution is 1.94. The predicted octanol–water partition coefficient (Wildman–Crippen LogP) is 1.14. The van der Waals surface area contributed by atoms with Crippen LogP contribution in [0.1, 0.15) is 34.1 Å². The third-order valence-electron chi connectivity index (χ3n) is 2.14. The van der Waals surface area contributed by atoms with Crippen LogP contribution in [0.25, 0.3) is 0 Å². The lowest BCUT2D eigenvalue weighted by molar-refractivity contribution is -0.131. The summed E-state index contributed by atoms with van der Waals surface area (Å²) in [5.41, 5.74) is 0. The van der Waals surface area contributed by atoms with Gasteiger partial charge in [0.05, 0.1) is 0 Å². The van der Waals surface area contributed by atoms with Crippen molar-refractivity contribution < 1.29 is 14.3 Å². The zero-order chi connectivity index (χ0) is 11.8. The first-order valence-electron chi connectivity index (χ1n) is 5.37. The van der Waals surface area contributed by atoms with E-state index >= 15 is 0 Å². The topological polar surface area (TPSA) is 55.4 Å². The van der Waals surface area contributed by atoms with Crippen molar-refractivity contribution in [2.75, 3.05) is 13.2 Å². The third kappa shape index (κ3) is 7.08. The number of hydrogen-bond donors (Lipinski definition) is 1. The Hall–Kier alpha value is -0.900. The summed E-state index contributed by atoms with van der Waals surface area (Å²) in [5, 5.41) is 2.76. The van der Waals surface area contributed by atoms with Gasteiger partial charge in [-0.25, -0.2) is 0 Å². The number of carbonyl (C=O) groups excluding carboxylic acids is 2. The van der Waals surface area contributed by atoms with Crippen LogP contribution in [-0.4, -0.2) is 30.9 Å². The van der Waals surface area contributed by atoms with Crippen molar-refractivity contribution in [3.8, 4) is 0 Å². The lowest BCUT2D eigenvalue weighted by Crippen LogP contribution is -2.35. The van der Waals surface area contributed by atoms with Crippen LogP contribution < -0.4 is 5.32 Å². The van der Waals surface area contributed by atoms with E-state index in [2.05, 4.69) is 5.32 Å². The average molecular weight is 215 g/mol. The van der Waals surface area contributed by atoms with E-state index in [1.807, 2.05) is 27.7 Å². The molecule has 0 rings (SSSR count). The molecular weight excluding hydrogens is 194 g/mol. The summed E-state index contributed by atoms with van der Waals surface area (Å²) in [6.07, 6.45) is 0.886. The maximum atomic E-state index is 11.2. The van der Waals surface area contributed by atoms with E-state index in [1.54, 1.807) is 0 Å². The zero-order valence-electron chi connectivity index (χ0n) is 10.0. The van der Waals surface area contributed by atoms with E-state index in [0.29, 0.717) is 0 Å². The Kier molecular flexibility index (Phi) is 6.96. The minimum atomic E-state index is -0.166. The van der Waals surface area contributed by atoms with Gasteiger partial charge in [-0.3, -0.25) is 9.59 Å². The van der Waals surface area contributed by atoms with Gasteiger partial charge in [0.25, 0.3) is 0 Å². The zero-order valence-corrected chi connectivity index (χ0v) is 10.0. The van der Waals surface area contributed by atoms with Gasteiger partial charge in [-0.15, -0.1) is 0 Å². The second-order valence-electron chi connectivity index (χ2n) is 3.99. The SMILES string of the molecule is CCC(C)NC(=O)COCC(=O)C(C)C. The Balaban J connectivity index is 3.60. The standard InChI is InChI=1S/C11H21NO3/c1-5-9(4)12-11(14)7-15-6-10(13)8(2)3/h8-9H,5-7H2,1-4H3,(H,12,14). The molecule has 1 atom stereocenters. The fraction of sp³-hybridized carbons (Fsp3) is 0.818. The molecule has 1 unspecified atom stereocenters. The van der Waals surface area contributed by atoms with Crippen molar-refractivity contribution in [3.05, 3.63) is 0 Å². The van der Waals surface area contributed by atoms with Crippen molar-refractivity contribution >= 4 is 11.7 Å². The quantitative estimate of drug-likeness (QED) is 0.693. The molecule has 0 radical (unpaired) electrons. The number of hydrogen-bond acceptors (Lipinski definition) is 3. The number of carbonyl (C=O) groups is 2. The van der Waals surface area contributed by atoms with E-state index in [4.69, 9.17) is 4.74 Å². The molecule has 0 aliphatic heterocycles. The molecule has 0 aliphatic carbocycles. The van der Waals surface area contributed by atoms with E-state index in [1.165, 1.54) is 0 Å². The number of ketones is 1. The monoisotopic (exact) mass is 215 g/mol. The molecule has 4 nitrogen and oxygen atoms in total. The molecule has 1 N–H and O–H groups in total. The number of ether oxygens (including phenoxy) is 1. The molecule has 0 bridgehead atoms. The van der Waals surface area contributed by atoms with E-state index in [0.717, 1.165) is 6.42 Å². The van der Waals surface area contributed by atoms with Crippen molar-refractivity contribution in [1.82, 2.24) is 5.32 Å². The molecule has 1 amide bonds. The smallest absolute Gasteiger partial charge is 0.246 e. The fourth-order valence-electron chi connectivity index (χ4n) is 0.830. The van der Waals surface area contributed by atoms with Crippen LogP contribution in [0.15, 0.2) is 0 Å². The summed E-state index contributed by atoms with van der Waals surface area (Å²) in [5.74, 6) is -0.185. The number of nitrogens with one attached hydrogen (secondary N) is 1. The number of rotatable bonds is 7. The molecular formula is C11H21NO3. The molecule has 0 heterocycles. The molecule has 0 aliphatic rings. The van der Waals surface area contributed by atoms with E-state index in [9.17, 15) is 9.59 Å². The highest BCUT2D eigenvalue weighted by Gasteiger charge is 2.09. The molecule has 0 spiro atoms. The van der Waals surface area contributed by atoms with Crippen LogP contribution in [0.4, 0.5) is 0 Å². The summed E-state index contributed by atoms with van der Waals surface area (Å²) in [6.45, 7) is 7.52. The van der Waals surface area contributed by atoms with Gasteiger partial charge in [0.2, 0.25) is 5.91 Å². The van der Waals surface area contributed by atoms with Crippen LogP contribution in [0.5, 0.6) is 0 Å². The molecule has 4 heteroatoms. The van der Waals surface area contributed by atoms with Gasteiger partial charge in [0.1, 0.15) is 13.2 Å². The van der Waals surface area contributed by atoms with Gasteiger partial charge in [-0.2, -0.15) is 0 Å². The van der Waals surface area contributed by atoms with Gasteiger partial charge in [-0.05, 0) is 13.3 Å². The minimum Gasteiger partial charge on any atom is -0.364 e. The average Bonchev–Trinajstić information content (AvgIpc) is 2.17. The second-order valence-corrected chi connectivity index (χ2v) is 3.99. The molecule has 0 saturated heterocycles. The van der Waals surface area contributed by atoms with Gasteiger partial charge < -0.3 is 10.1 Å². The maximum absolute atomic E-state index is 11.2. The molecule has 0 aromatic heterocycles. The Labute approximate surface area is 91.4 Å². The molecule has 0 saturated carbocycles. The Morgan fingerprint density at radius 3 is 2.27 bits per heavy atom. The van der Waals surface area contributed by atoms with Crippen molar-refractivity contribution in [1.29, 1.82) is 0 Å². The second kappa shape index (κ2) is 7.40. The Morgan fingerprint density at radius 2 is 1.80 bits per heavy atom. The maximum Gasteiger partial charge on any atom is 0.246 e. The van der Waals surface area contributed by atoms with Crippen LogP contribution in [-0.2, 0) is 14.3 Å². The summed E-state index contributed by atoms with van der Waals surface area (Å²) >= 11 is 0. The first-order valence-corrected chi connectivity index (χ1v) is 5.37. The Bertz CT molecular complexity index is 214. The minimum absolute atomic E-state index is 0.0194. The first kappa shape index (κ1) is 14.1. The summed E-state index contributed by atoms with van der Waals surface area (Å²) in [7, 11) is 0. The van der Waals surface area contributed by atoms with Crippen molar-refractivity contribution in [2.45, 2.75) is 40.2 Å². The van der Waals surface area contributed by atoms with Gasteiger partial charge in [-0.1, -0.05) is 20.8 Å². The van der Waals surface area contributed by atoms with Gasteiger partial charge in [0.15, 0.2) is 5.78 Å². The molecule has 15 heavy (non-hydrogen) atoms. The molecule has 88 valence electrons. The highest BCUT2D eigenvalue weighted by atomic mass is 16.5. The summed E-state index contributed by atoms with van der Waals surface area (Å²) in [6, 6.07) is 0.155. The van der Waals surface area contributed by atoms with Crippen molar-refractivity contribution in [3.63, 3.8) is 0 Å². The lowest BCUT2D eigenvalue weighted by Gasteiger charge is -2.11. The first-order chi connectivity index (χ1) is 6.97. The predicted molar refractivity (Wildman–Crippen MR) is 58.6 cm³/mol. The lowest BCUT2D eigenvalue weighted by atomic mass is 10.1. The Morgan fingerprint density at radius 1 is 1.20 bits per heavy atom. The van der Waals surface area contributed by atoms with Crippen LogP contribution in [0.2, 0.25) is 0 Å². The van der Waals surface area contributed by atoms with Crippen LogP contribution >= 0.6 is 0 Å². The molecule has 0 aromatic rings. The number of amides is 1. The van der Waals surface area contributed by atoms with Crippen LogP contribution in [0, 0.1) is 5.92 Å². The van der Waals surface area contributed by atoms with Gasteiger partial charge >= 0.3 is 0 Å². The van der Waals surface area contributed by atoms with Crippen molar-refractivity contribution in [2.24, 2.45) is 5.92 Å². The highest BCUT2D eigenvalue weighted by molar-refractivity contribution is 5.82. The van der Waals surface area contributed by atoms with E-state index in [-0.39, 0.29) is 36.9 Å². The van der Waals surface area contributed by atoms with E-state index < -0.39 is 0 Å². The fourth-order valence-corrected chi connectivity index (χ4v) is 0.830. The number of Topliss-reactive ketones (excluding diaryl/α,β-unsaturated/α-hetero) is 1. The summed E-state index contributed by atoms with van der Waals surface area (Å²) in [4.78, 5) is 22.4. The largest absolute Gasteiger partial charge is 0.364 e. The third-order valence-corrected chi connectivity index (χ3v) is 2.14. The molecule has 0 aromatic carbocycles. The normalized spacial score (nSPS) is 12.6. The summed E-state index contributed by atoms with van der Waals surface area (Å²) < 4.78 is 5.00. The van der Waals surface area contributed by atoms with Gasteiger partial charge in [0, 0.05) is 12.0 Å². The molecule has 0 fully saturated rings.